The van der Waals surface area contributed by atoms with Gasteiger partial charge in [-0.3, -0.25) is 9.59 Å². The van der Waals surface area contributed by atoms with Crippen LogP contribution in [-0.2, 0) is 4.74 Å². The molecule has 2 amide bonds. The fraction of sp³-hybridized carbons (Fsp3) is 0.538. The third-order valence-corrected chi connectivity index (χ3v) is 4.11. The van der Waals surface area contributed by atoms with E-state index in [2.05, 4.69) is 10.6 Å². The van der Waals surface area contributed by atoms with Gasteiger partial charge < -0.3 is 26.8 Å². The Bertz CT molecular complexity index is 502. The summed E-state index contributed by atoms with van der Waals surface area (Å²) in [6, 6.07) is 0. The summed E-state index contributed by atoms with van der Waals surface area (Å²) >= 11 is 1.11. The van der Waals surface area contributed by atoms with E-state index in [9.17, 15) is 9.59 Å². The second-order valence-corrected chi connectivity index (χ2v) is 5.49. The number of rotatable bonds is 9. The van der Waals surface area contributed by atoms with Crippen molar-refractivity contribution in [2.75, 3.05) is 38.4 Å². The predicted octanol–water partition coefficient (Wildman–Crippen LogP) is 1.02. The molecule has 0 aliphatic carbocycles. The van der Waals surface area contributed by atoms with Crippen molar-refractivity contribution in [2.45, 2.75) is 19.3 Å². The van der Waals surface area contributed by atoms with E-state index in [1.807, 2.05) is 0 Å². The maximum Gasteiger partial charge on any atom is 0.260 e. The minimum absolute atomic E-state index is 0.133. The van der Waals surface area contributed by atoms with Crippen LogP contribution in [0.2, 0.25) is 0 Å². The summed E-state index contributed by atoms with van der Waals surface area (Å²) < 4.78 is 4.98. The van der Waals surface area contributed by atoms with Crippen LogP contribution in [0.15, 0.2) is 0 Å². The van der Waals surface area contributed by atoms with Crippen LogP contribution >= 0.6 is 11.3 Å². The summed E-state index contributed by atoms with van der Waals surface area (Å²) in [5.41, 5.74) is 11.5. The van der Waals surface area contributed by atoms with Crippen molar-refractivity contribution < 1.29 is 14.3 Å². The number of nitrogens with two attached hydrogens (primary N) is 2. The maximum absolute atomic E-state index is 11.9. The zero-order valence-corrected chi connectivity index (χ0v) is 13.1. The van der Waals surface area contributed by atoms with Gasteiger partial charge in [0.2, 0.25) is 0 Å². The van der Waals surface area contributed by atoms with Gasteiger partial charge in [0.15, 0.2) is 0 Å². The van der Waals surface area contributed by atoms with Gasteiger partial charge in [-0.25, -0.2) is 0 Å². The number of anilines is 2. The van der Waals surface area contributed by atoms with E-state index in [4.69, 9.17) is 16.2 Å². The molecule has 1 rings (SSSR count). The largest absolute Gasteiger partial charge is 0.397 e. The van der Waals surface area contributed by atoms with Gasteiger partial charge in [-0.05, 0) is 19.3 Å². The SMILES string of the molecule is CNC(=O)c1c(NCCCCCOC)sc(C(N)=O)c1N. The lowest BCUT2D eigenvalue weighted by atomic mass is 10.2. The van der Waals surface area contributed by atoms with Crippen LogP contribution in [0.25, 0.3) is 0 Å². The molecule has 1 aromatic heterocycles. The number of methoxy groups -OCH3 is 1. The first-order chi connectivity index (χ1) is 10.0. The Morgan fingerprint density at radius 3 is 2.57 bits per heavy atom. The average Bonchev–Trinajstić information content (AvgIpc) is 2.79. The fourth-order valence-corrected chi connectivity index (χ4v) is 2.85. The van der Waals surface area contributed by atoms with Crippen LogP contribution in [0.5, 0.6) is 0 Å². The molecule has 0 saturated carbocycles. The molecule has 0 atom stereocenters. The number of ether oxygens (including phenoxy) is 1. The summed E-state index contributed by atoms with van der Waals surface area (Å²) in [6.45, 7) is 1.42. The number of carbonyl (C=O) groups is 2. The van der Waals surface area contributed by atoms with E-state index >= 15 is 0 Å². The highest BCUT2D eigenvalue weighted by atomic mass is 32.1. The van der Waals surface area contributed by atoms with Gasteiger partial charge in [0.05, 0.1) is 11.3 Å². The summed E-state index contributed by atoms with van der Waals surface area (Å²) in [5.74, 6) is -0.964. The van der Waals surface area contributed by atoms with Crippen molar-refractivity contribution in [1.82, 2.24) is 5.32 Å². The minimum Gasteiger partial charge on any atom is -0.397 e. The van der Waals surface area contributed by atoms with E-state index in [1.165, 1.54) is 7.05 Å². The monoisotopic (exact) mass is 314 g/mol. The molecular formula is C13H22N4O3S. The Morgan fingerprint density at radius 2 is 2.00 bits per heavy atom. The van der Waals surface area contributed by atoms with E-state index in [0.29, 0.717) is 11.5 Å². The third kappa shape index (κ3) is 4.61. The summed E-state index contributed by atoms with van der Waals surface area (Å²) in [6.07, 6.45) is 2.93. The van der Waals surface area contributed by atoms with Crippen LogP contribution in [0.3, 0.4) is 0 Å². The first-order valence-electron chi connectivity index (χ1n) is 6.69. The standard InChI is InChI=1S/C13H22N4O3S/c1-16-12(19)8-9(14)10(11(15)18)21-13(8)17-6-4-3-5-7-20-2/h17H,3-7,14H2,1-2H3,(H2,15,18)(H,16,19). The molecule has 6 N–H and O–H groups in total. The minimum atomic E-state index is -0.629. The van der Waals surface area contributed by atoms with Gasteiger partial charge in [0.25, 0.3) is 11.8 Å². The van der Waals surface area contributed by atoms with Crippen molar-refractivity contribution in [3.8, 4) is 0 Å². The van der Waals surface area contributed by atoms with E-state index < -0.39 is 5.91 Å². The Morgan fingerprint density at radius 1 is 1.29 bits per heavy atom. The Hall–Kier alpha value is -1.80. The van der Waals surface area contributed by atoms with E-state index in [1.54, 1.807) is 7.11 Å². The first kappa shape index (κ1) is 17.3. The van der Waals surface area contributed by atoms with Crippen LogP contribution < -0.4 is 22.1 Å². The number of hydrogen-bond donors (Lipinski definition) is 4. The van der Waals surface area contributed by atoms with Gasteiger partial charge >= 0.3 is 0 Å². The number of amides is 2. The van der Waals surface area contributed by atoms with Crippen LogP contribution in [0, 0.1) is 0 Å². The zero-order valence-electron chi connectivity index (χ0n) is 12.3. The smallest absolute Gasteiger partial charge is 0.260 e. The second kappa shape index (κ2) is 8.48. The molecule has 0 aliphatic heterocycles. The molecule has 0 radical (unpaired) electrons. The molecule has 1 aromatic rings. The highest BCUT2D eigenvalue weighted by Gasteiger charge is 2.23. The first-order valence-corrected chi connectivity index (χ1v) is 7.51. The summed E-state index contributed by atoms with van der Waals surface area (Å²) in [7, 11) is 3.19. The zero-order chi connectivity index (χ0) is 15.8. The molecule has 21 heavy (non-hydrogen) atoms. The van der Waals surface area contributed by atoms with E-state index in [-0.39, 0.29) is 22.0 Å². The number of thiophene rings is 1. The highest BCUT2D eigenvalue weighted by Crippen LogP contribution is 2.35. The Kier molecular flexibility index (Phi) is 6.97. The molecule has 0 bridgehead atoms. The van der Waals surface area contributed by atoms with Crippen LogP contribution in [-0.4, -0.2) is 39.1 Å². The topological polar surface area (TPSA) is 119 Å². The van der Waals surface area contributed by atoms with Gasteiger partial charge in [0, 0.05) is 27.3 Å². The molecule has 1 heterocycles. The number of carbonyl (C=O) groups excluding carboxylic acids is 2. The Labute approximate surface area is 128 Å². The maximum atomic E-state index is 11.9. The normalized spacial score (nSPS) is 10.4. The van der Waals surface area contributed by atoms with Gasteiger partial charge in [-0.1, -0.05) is 0 Å². The van der Waals surface area contributed by atoms with Crippen molar-refractivity contribution in [3.63, 3.8) is 0 Å². The van der Waals surface area contributed by atoms with Crippen LogP contribution in [0.4, 0.5) is 10.7 Å². The summed E-state index contributed by atoms with van der Waals surface area (Å²) in [5, 5.41) is 6.24. The molecule has 7 nitrogen and oxygen atoms in total. The second-order valence-electron chi connectivity index (χ2n) is 4.47. The Balaban J connectivity index is 2.74. The average molecular weight is 314 g/mol. The third-order valence-electron chi connectivity index (χ3n) is 2.93. The van der Waals surface area contributed by atoms with Gasteiger partial charge in [-0.15, -0.1) is 11.3 Å². The molecule has 0 aliphatic rings. The molecular weight excluding hydrogens is 292 g/mol. The highest BCUT2D eigenvalue weighted by molar-refractivity contribution is 7.19. The van der Waals surface area contributed by atoms with Crippen LogP contribution in [0.1, 0.15) is 39.3 Å². The lowest BCUT2D eigenvalue weighted by Gasteiger charge is -2.07. The van der Waals surface area contributed by atoms with Gasteiger partial charge in [-0.2, -0.15) is 0 Å². The molecule has 0 unspecified atom stereocenters. The molecule has 0 spiro atoms. The molecule has 0 fully saturated rings. The van der Waals surface area contributed by atoms with Crippen molar-refractivity contribution >= 4 is 33.8 Å². The van der Waals surface area contributed by atoms with E-state index in [0.717, 1.165) is 37.2 Å². The molecule has 118 valence electrons. The fourth-order valence-electron chi connectivity index (χ4n) is 1.85. The van der Waals surface area contributed by atoms with Crippen molar-refractivity contribution in [3.05, 3.63) is 10.4 Å². The lowest BCUT2D eigenvalue weighted by Crippen LogP contribution is -2.20. The summed E-state index contributed by atoms with van der Waals surface area (Å²) in [4.78, 5) is 23.4. The van der Waals surface area contributed by atoms with Crippen molar-refractivity contribution in [2.24, 2.45) is 5.73 Å². The number of nitrogens with one attached hydrogen (secondary N) is 2. The van der Waals surface area contributed by atoms with Gasteiger partial charge in [0.1, 0.15) is 9.88 Å². The quantitative estimate of drug-likeness (QED) is 0.507. The number of nitrogen functional groups attached to an aromatic ring is 1. The number of hydrogen-bond acceptors (Lipinski definition) is 6. The van der Waals surface area contributed by atoms with Crippen molar-refractivity contribution in [1.29, 1.82) is 0 Å². The molecule has 0 saturated heterocycles. The molecule has 0 aromatic carbocycles. The lowest BCUT2D eigenvalue weighted by molar-refractivity contribution is 0.0965. The molecule has 8 heteroatoms. The number of unbranched alkanes of at least 4 members (excludes halogenated alkanes) is 2. The number of primary amides is 1. The predicted molar refractivity (Wildman–Crippen MR) is 84.9 cm³/mol.